The summed E-state index contributed by atoms with van der Waals surface area (Å²) in [6.07, 6.45) is 0. The van der Waals surface area contributed by atoms with Crippen molar-refractivity contribution in [3.8, 4) is 0 Å². The van der Waals surface area contributed by atoms with Crippen LogP contribution < -0.4 is 5.56 Å². The first-order valence-corrected chi connectivity index (χ1v) is 10.2. The zero-order valence-electron chi connectivity index (χ0n) is 13.5. The van der Waals surface area contributed by atoms with E-state index in [0.717, 1.165) is 15.3 Å². The third kappa shape index (κ3) is 3.24. The normalized spacial score (nSPS) is 11.4. The molecule has 0 unspecified atom stereocenters. The van der Waals surface area contributed by atoms with Gasteiger partial charge in [0.05, 0.1) is 17.7 Å². The number of thiophene rings is 2. The van der Waals surface area contributed by atoms with Crippen molar-refractivity contribution in [2.24, 2.45) is 0 Å². The molecule has 0 aromatic carbocycles. The van der Waals surface area contributed by atoms with Gasteiger partial charge in [0.25, 0.3) is 5.56 Å². The number of hydrogen-bond donors (Lipinski definition) is 1. The van der Waals surface area contributed by atoms with Crippen LogP contribution in [0, 0.1) is 13.8 Å². The number of nitrogens with zero attached hydrogens (tertiary/aromatic N) is 5. The average Bonchev–Trinajstić information content (AvgIpc) is 3.29. The van der Waals surface area contributed by atoms with Crippen molar-refractivity contribution >= 4 is 44.7 Å². The molecule has 1 N–H and O–H groups in total. The van der Waals surface area contributed by atoms with E-state index in [1.54, 1.807) is 27.4 Å². The minimum atomic E-state index is -0.0828. The zero-order valence-corrected chi connectivity index (χ0v) is 16.0. The fraction of sp³-hybridized carbons (Fsp3) is 0.267. The number of thioether (sulfide) groups is 1. The van der Waals surface area contributed by atoms with Gasteiger partial charge >= 0.3 is 0 Å². The van der Waals surface area contributed by atoms with Gasteiger partial charge in [0, 0.05) is 9.75 Å². The Balaban J connectivity index is 1.55. The molecule has 4 aromatic heterocycles. The molecule has 0 saturated carbocycles. The summed E-state index contributed by atoms with van der Waals surface area (Å²) in [5, 5.41) is 15.3. The van der Waals surface area contributed by atoms with Crippen LogP contribution in [0.1, 0.15) is 21.1 Å². The first kappa shape index (κ1) is 16.4. The molecule has 0 atom stereocenters. The standard InChI is InChI=1S/C15H14N6OS3/c1-8-9(2)25-14-12(8)13(22)16-11(17-14)7-24-15-18-19-20-21(15)6-10-4-3-5-23-10/h3-5H,6-7H2,1-2H3,(H,16,17,22). The molecule has 0 amide bonds. The summed E-state index contributed by atoms with van der Waals surface area (Å²) >= 11 is 4.68. The number of tetrazole rings is 1. The smallest absolute Gasteiger partial charge is 0.259 e. The fourth-order valence-electron chi connectivity index (χ4n) is 2.45. The third-order valence-electron chi connectivity index (χ3n) is 3.81. The first-order chi connectivity index (χ1) is 12.1. The van der Waals surface area contributed by atoms with Gasteiger partial charge in [0.1, 0.15) is 10.7 Å². The van der Waals surface area contributed by atoms with Gasteiger partial charge in [-0.25, -0.2) is 9.67 Å². The SMILES string of the molecule is Cc1sc2nc(CSc3nnnn3Cc3cccs3)[nH]c(=O)c2c1C. The molecule has 0 fully saturated rings. The highest BCUT2D eigenvalue weighted by Gasteiger charge is 2.13. The summed E-state index contributed by atoms with van der Waals surface area (Å²) in [5.74, 6) is 1.14. The quantitative estimate of drug-likeness (QED) is 0.527. The second-order valence-electron chi connectivity index (χ2n) is 5.46. The third-order valence-corrected chi connectivity index (χ3v) is 6.74. The molecule has 0 saturated heterocycles. The molecule has 0 spiro atoms. The van der Waals surface area contributed by atoms with Gasteiger partial charge in [-0.05, 0) is 41.3 Å². The molecule has 4 heterocycles. The van der Waals surface area contributed by atoms with Gasteiger partial charge in [0.15, 0.2) is 0 Å². The molecule has 0 bridgehead atoms. The Hall–Kier alpha value is -2.04. The van der Waals surface area contributed by atoms with Crippen molar-refractivity contribution in [3.05, 3.63) is 49.0 Å². The van der Waals surface area contributed by atoms with Crippen molar-refractivity contribution in [2.75, 3.05) is 0 Å². The van der Waals surface area contributed by atoms with E-state index < -0.39 is 0 Å². The van der Waals surface area contributed by atoms with Crippen molar-refractivity contribution in [1.29, 1.82) is 0 Å². The highest BCUT2D eigenvalue weighted by atomic mass is 32.2. The Bertz CT molecular complexity index is 1080. The summed E-state index contributed by atoms with van der Waals surface area (Å²) in [7, 11) is 0. The number of aromatic nitrogens is 6. The largest absolute Gasteiger partial charge is 0.309 e. The van der Waals surface area contributed by atoms with Gasteiger partial charge in [0.2, 0.25) is 5.16 Å². The Morgan fingerprint density at radius 2 is 2.24 bits per heavy atom. The van der Waals surface area contributed by atoms with Crippen LogP contribution in [0.4, 0.5) is 0 Å². The van der Waals surface area contributed by atoms with Crippen LogP contribution in [0.3, 0.4) is 0 Å². The number of aryl methyl sites for hydroxylation is 2. The maximum Gasteiger partial charge on any atom is 0.259 e. The van der Waals surface area contributed by atoms with E-state index in [0.29, 0.717) is 28.7 Å². The van der Waals surface area contributed by atoms with Crippen molar-refractivity contribution < 1.29 is 0 Å². The van der Waals surface area contributed by atoms with Gasteiger partial charge in [-0.3, -0.25) is 4.79 Å². The number of nitrogens with one attached hydrogen (secondary N) is 1. The number of fused-ring (bicyclic) bond motifs is 1. The minimum Gasteiger partial charge on any atom is -0.309 e. The van der Waals surface area contributed by atoms with E-state index >= 15 is 0 Å². The Morgan fingerprint density at radius 1 is 1.36 bits per heavy atom. The van der Waals surface area contributed by atoms with E-state index in [9.17, 15) is 4.79 Å². The van der Waals surface area contributed by atoms with Crippen molar-refractivity contribution in [2.45, 2.75) is 31.3 Å². The summed E-state index contributed by atoms with van der Waals surface area (Å²) in [5.41, 5.74) is 0.925. The molecule has 128 valence electrons. The van der Waals surface area contributed by atoms with E-state index in [4.69, 9.17) is 0 Å². The Kier molecular flexibility index (Phi) is 4.40. The maximum absolute atomic E-state index is 12.3. The lowest BCUT2D eigenvalue weighted by Gasteiger charge is -2.03. The molecular weight excluding hydrogens is 376 g/mol. The van der Waals surface area contributed by atoms with Crippen LogP contribution in [-0.2, 0) is 12.3 Å². The summed E-state index contributed by atoms with van der Waals surface area (Å²) < 4.78 is 1.76. The molecule has 0 aliphatic carbocycles. The maximum atomic E-state index is 12.3. The predicted octanol–water partition coefficient (Wildman–Crippen LogP) is 2.99. The van der Waals surface area contributed by atoms with Crippen LogP contribution in [0.25, 0.3) is 10.2 Å². The van der Waals surface area contributed by atoms with Gasteiger partial charge in [-0.2, -0.15) is 0 Å². The number of aromatic amines is 1. The molecule has 25 heavy (non-hydrogen) atoms. The average molecular weight is 391 g/mol. The number of hydrogen-bond acceptors (Lipinski definition) is 8. The highest BCUT2D eigenvalue weighted by molar-refractivity contribution is 7.98. The number of H-pyrrole nitrogens is 1. The lowest BCUT2D eigenvalue weighted by atomic mass is 10.2. The monoisotopic (exact) mass is 390 g/mol. The first-order valence-electron chi connectivity index (χ1n) is 7.52. The van der Waals surface area contributed by atoms with Crippen LogP contribution in [-0.4, -0.2) is 30.2 Å². The van der Waals surface area contributed by atoms with Gasteiger partial charge in [-0.15, -0.1) is 27.8 Å². The summed E-state index contributed by atoms with van der Waals surface area (Å²) in [6, 6.07) is 4.06. The molecule has 4 aromatic rings. The van der Waals surface area contributed by atoms with E-state index in [2.05, 4.69) is 31.6 Å². The van der Waals surface area contributed by atoms with E-state index in [1.807, 2.05) is 25.3 Å². The van der Waals surface area contributed by atoms with Crippen molar-refractivity contribution in [1.82, 2.24) is 30.2 Å². The van der Waals surface area contributed by atoms with Crippen LogP contribution in [0.2, 0.25) is 0 Å². The summed E-state index contributed by atoms with van der Waals surface area (Å²) in [6.45, 7) is 4.60. The topological polar surface area (TPSA) is 89.3 Å². The molecule has 0 aliphatic rings. The summed E-state index contributed by atoms with van der Waals surface area (Å²) in [4.78, 5) is 22.9. The fourth-order valence-corrected chi connectivity index (χ4v) is 4.93. The molecular formula is C15H14N6OS3. The van der Waals surface area contributed by atoms with Crippen LogP contribution in [0.5, 0.6) is 0 Å². The van der Waals surface area contributed by atoms with Gasteiger partial charge in [-0.1, -0.05) is 17.8 Å². The second-order valence-corrected chi connectivity index (χ2v) is 8.64. The molecule has 0 aliphatic heterocycles. The van der Waals surface area contributed by atoms with Gasteiger partial charge < -0.3 is 4.98 Å². The molecule has 7 nitrogen and oxygen atoms in total. The van der Waals surface area contributed by atoms with Crippen molar-refractivity contribution in [3.63, 3.8) is 0 Å². The van der Waals surface area contributed by atoms with E-state index in [1.165, 1.54) is 16.6 Å². The second kappa shape index (κ2) is 6.70. The lowest BCUT2D eigenvalue weighted by Crippen LogP contribution is -2.11. The van der Waals surface area contributed by atoms with E-state index in [-0.39, 0.29) is 5.56 Å². The Morgan fingerprint density at radius 3 is 3.04 bits per heavy atom. The predicted molar refractivity (Wildman–Crippen MR) is 101 cm³/mol. The van der Waals surface area contributed by atoms with Crippen LogP contribution in [0.15, 0.2) is 27.5 Å². The molecule has 4 rings (SSSR count). The highest BCUT2D eigenvalue weighted by Crippen LogP contribution is 2.27. The molecule has 0 radical (unpaired) electrons. The lowest BCUT2D eigenvalue weighted by molar-refractivity contribution is 0.608. The zero-order chi connectivity index (χ0) is 17.4. The van der Waals surface area contributed by atoms with Crippen LogP contribution >= 0.6 is 34.4 Å². The minimum absolute atomic E-state index is 0.0828. The molecule has 10 heteroatoms. The Labute approximate surface area is 155 Å². The number of rotatable bonds is 5.